The fourth-order valence-electron chi connectivity index (χ4n) is 1.82. The molecule has 0 atom stereocenters. The van der Waals surface area contributed by atoms with Crippen molar-refractivity contribution in [1.29, 1.82) is 0 Å². The molecule has 0 saturated carbocycles. The number of nitrogens with zero attached hydrogens (tertiary/aromatic N) is 1. The van der Waals surface area contributed by atoms with E-state index in [9.17, 15) is 0 Å². The number of thiazole rings is 1. The van der Waals surface area contributed by atoms with Crippen LogP contribution in [-0.2, 0) is 17.7 Å². The third kappa shape index (κ3) is 4.13. The number of benzene rings is 1. The number of rotatable bonds is 7. The van der Waals surface area contributed by atoms with Crippen molar-refractivity contribution in [2.45, 2.75) is 19.9 Å². The summed E-state index contributed by atoms with van der Waals surface area (Å²) in [5.41, 5.74) is 3.55. The van der Waals surface area contributed by atoms with Crippen molar-refractivity contribution in [3.63, 3.8) is 0 Å². The summed E-state index contributed by atoms with van der Waals surface area (Å²) >= 11 is 1.71. The molecule has 102 valence electrons. The SMILES string of the molecule is CCNCc1nc(-c2ccc(CCOC)cc2)cs1. The van der Waals surface area contributed by atoms with Gasteiger partial charge in [0.15, 0.2) is 0 Å². The Kier molecular flexibility index (Phi) is 5.51. The first kappa shape index (κ1) is 14.2. The zero-order valence-corrected chi connectivity index (χ0v) is 12.3. The molecule has 0 aliphatic carbocycles. The summed E-state index contributed by atoms with van der Waals surface area (Å²) in [6.45, 7) is 4.70. The van der Waals surface area contributed by atoms with Crippen LogP contribution in [0, 0.1) is 0 Å². The highest BCUT2D eigenvalue weighted by atomic mass is 32.1. The van der Waals surface area contributed by atoms with Gasteiger partial charge in [0.2, 0.25) is 0 Å². The summed E-state index contributed by atoms with van der Waals surface area (Å²) in [5, 5.41) is 6.56. The van der Waals surface area contributed by atoms with E-state index in [0.29, 0.717) is 0 Å². The Hall–Kier alpha value is -1.23. The van der Waals surface area contributed by atoms with Crippen LogP contribution in [-0.4, -0.2) is 25.2 Å². The maximum Gasteiger partial charge on any atom is 0.107 e. The first-order chi connectivity index (χ1) is 9.33. The molecule has 4 heteroatoms. The molecule has 3 nitrogen and oxygen atoms in total. The lowest BCUT2D eigenvalue weighted by Gasteiger charge is -2.02. The van der Waals surface area contributed by atoms with Gasteiger partial charge in [-0.3, -0.25) is 0 Å². The molecular formula is C15H20N2OS. The largest absolute Gasteiger partial charge is 0.384 e. The molecule has 2 rings (SSSR count). The normalized spacial score (nSPS) is 10.8. The lowest BCUT2D eigenvalue weighted by molar-refractivity contribution is 0.202. The van der Waals surface area contributed by atoms with E-state index in [1.165, 1.54) is 11.1 Å². The van der Waals surface area contributed by atoms with Crippen molar-refractivity contribution >= 4 is 11.3 Å². The van der Waals surface area contributed by atoms with Crippen LogP contribution in [0.25, 0.3) is 11.3 Å². The molecule has 0 aliphatic heterocycles. The summed E-state index contributed by atoms with van der Waals surface area (Å²) in [6, 6.07) is 8.57. The number of methoxy groups -OCH3 is 1. The summed E-state index contributed by atoms with van der Waals surface area (Å²) < 4.78 is 5.08. The van der Waals surface area contributed by atoms with Gasteiger partial charge >= 0.3 is 0 Å². The Morgan fingerprint density at radius 2 is 2.05 bits per heavy atom. The highest BCUT2D eigenvalue weighted by molar-refractivity contribution is 7.09. The molecule has 1 heterocycles. The maximum absolute atomic E-state index is 5.08. The molecular weight excluding hydrogens is 256 g/mol. The molecule has 0 radical (unpaired) electrons. The molecule has 0 unspecified atom stereocenters. The van der Waals surface area contributed by atoms with Gasteiger partial charge in [-0.15, -0.1) is 11.3 Å². The van der Waals surface area contributed by atoms with Crippen LogP contribution >= 0.6 is 11.3 Å². The molecule has 1 aromatic carbocycles. The summed E-state index contributed by atoms with van der Waals surface area (Å²) in [6.07, 6.45) is 0.958. The van der Waals surface area contributed by atoms with Crippen molar-refractivity contribution in [3.05, 3.63) is 40.2 Å². The second kappa shape index (κ2) is 7.38. The second-order valence-electron chi connectivity index (χ2n) is 4.35. The van der Waals surface area contributed by atoms with Crippen molar-refractivity contribution in [3.8, 4) is 11.3 Å². The van der Waals surface area contributed by atoms with Gasteiger partial charge in [0.05, 0.1) is 12.3 Å². The van der Waals surface area contributed by atoms with Gasteiger partial charge in [0.1, 0.15) is 5.01 Å². The highest BCUT2D eigenvalue weighted by Gasteiger charge is 2.04. The molecule has 0 saturated heterocycles. The molecule has 1 aromatic heterocycles. The number of aromatic nitrogens is 1. The van der Waals surface area contributed by atoms with Crippen molar-refractivity contribution < 1.29 is 4.74 Å². The minimum Gasteiger partial charge on any atom is -0.384 e. The molecule has 0 aliphatic rings. The molecule has 0 spiro atoms. The van der Waals surface area contributed by atoms with E-state index in [1.807, 2.05) is 0 Å². The van der Waals surface area contributed by atoms with Crippen LogP contribution < -0.4 is 5.32 Å². The third-order valence-corrected chi connectivity index (χ3v) is 3.77. The first-order valence-electron chi connectivity index (χ1n) is 6.57. The summed E-state index contributed by atoms with van der Waals surface area (Å²) in [5.74, 6) is 0. The smallest absolute Gasteiger partial charge is 0.107 e. The van der Waals surface area contributed by atoms with Gasteiger partial charge in [-0.2, -0.15) is 0 Å². The Morgan fingerprint density at radius 1 is 1.26 bits per heavy atom. The van der Waals surface area contributed by atoms with E-state index in [0.717, 1.165) is 36.8 Å². The third-order valence-electron chi connectivity index (χ3n) is 2.92. The van der Waals surface area contributed by atoms with Crippen LogP contribution in [0.2, 0.25) is 0 Å². The second-order valence-corrected chi connectivity index (χ2v) is 5.29. The van der Waals surface area contributed by atoms with E-state index in [4.69, 9.17) is 4.74 Å². The molecule has 2 aromatic rings. The molecule has 19 heavy (non-hydrogen) atoms. The van der Waals surface area contributed by atoms with E-state index in [-0.39, 0.29) is 0 Å². The number of hydrogen-bond acceptors (Lipinski definition) is 4. The van der Waals surface area contributed by atoms with E-state index in [2.05, 4.69) is 46.9 Å². The van der Waals surface area contributed by atoms with Gasteiger partial charge in [0, 0.05) is 24.6 Å². The monoisotopic (exact) mass is 276 g/mol. The average Bonchev–Trinajstić information content (AvgIpc) is 2.92. The number of ether oxygens (including phenoxy) is 1. The van der Waals surface area contributed by atoms with Crippen LogP contribution in [0.5, 0.6) is 0 Å². The fourth-order valence-corrected chi connectivity index (χ4v) is 2.59. The van der Waals surface area contributed by atoms with Gasteiger partial charge in [0.25, 0.3) is 0 Å². The molecule has 0 bridgehead atoms. The van der Waals surface area contributed by atoms with Crippen molar-refractivity contribution in [2.24, 2.45) is 0 Å². The standard InChI is InChI=1S/C15H20N2OS/c1-3-16-10-15-17-14(11-19-15)13-6-4-12(5-7-13)8-9-18-2/h4-7,11,16H,3,8-10H2,1-2H3. The lowest BCUT2D eigenvalue weighted by Crippen LogP contribution is -2.11. The van der Waals surface area contributed by atoms with Gasteiger partial charge in [-0.1, -0.05) is 31.2 Å². The minimum atomic E-state index is 0.767. The van der Waals surface area contributed by atoms with Gasteiger partial charge in [-0.25, -0.2) is 4.98 Å². The molecule has 1 N–H and O–H groups in total. The fraction of sp³-hybridized carbons (Fsp3) is 0.400. The van der Waals surface area contributed by atoms with Crippen LogP contribution in [0.4, 0.5) is 0 Å². The zero-order valence-electron chi connectivity index (χ0n) is 11.5. The Balaban J connectivity index is 2.02. The predicted molar refractivity (Wildman–Crippen MR) is 80.5 cm³/mol. The Bertz CT molecular complexity index is 493. The quantitative estimate of drug-likeness (QED) is 0.843. The van der Waals surface area contributed by atoms with Crippen molar-refractivity contribution in [2.75, 3.05) is 20.3 Å². The highest BCUT2D eigenvalue weighted by Crippen LogP contribution is 2.22. The molecule has 0 fully saturated rings. The van der Waals surface area contributed by atoms with Crippen LogP contribution in [0.3, 0.4) is 0 Å². The molecule has 0 amide bonds. The number of hydrogen-bond donors (Lipinski definition) is 1. The van der Waals surface area contributed by atoms with Crippen molar-refractivity contribution in [1.82, 2.24) is 10.3 Å². The Morgan fingerprint density at radius 3 is 2.74 bits per heavy atom. The minimum absolute atomic E-state index is 0.767. The summed E-state index contributed by atoms with van der Waals surface area (Å²) in [4.78, 5) is 4.64. The van der Waals surface area contributed by atoms with E-state index >= 15 is 0 Å². The first-order valence-corrected chi connectivity index (χ1v) is 7.44. The van der Waals surface area contributed by atoms with Gasteiger partial charge in [-0.05, 0) is 18.5 Å². The van der Waals surface area contributed by atoms with Gasteiger partial charge < -0.3 is 10.1 Å². The van der Waals surface area contributed by atoms with Crippen LogP contribution in [0.1, 0.15) is 17.5 Å². The Labute approximate surface area is 118 Å². The lowest BCUT2D eigenvalue weighted by atomic mass is 10.1. The maximum atomic E-state index is 5.08. The van der Waals surface area contributed by atoms with E-state index in [1.54, 1.807) is 18.4 Å². The topological polar surface area (TPSA) is 34.2 Å². The predicted octanol–water partition coefficient (Wildman–Crippen LogP) is 3.11. The van der Waals surface area contributed by atoms with Crippen LogP contribution in [0.15, 0.2) is 29.6 Å². The van der Waals surface area contributed by atoms with E-state index < -0.39 is 0 Å². The summed E-state index contributed by atoms with van der Waals surface area (Å²) in [7, 11) is 1.73. The zero-order chi connectivity index (χ0) is 13.5. The average molecular weight is 276 g/mol. The number of nitrogens with one attached hydrogen (secondary N) is 1.